The summed E-state index contributed by atoms with van der Waals surface area (Å²) in [7, 11) is 0. The third kappa shape index (κ3) is 7.46. The van der Waals surface area contributed by atoms with E-state index < -0.39 is 37.0 Å². The second-order valence-electron chi connectivity index (χ2n) is 2.49. The van der Waals surface area contributed by atoms with Crippen LogP contribution in [0.1, 0.15) is 0 Å². The molecule has 0 aromatic heterocycles. The third-order valence-electron chi connectivity index (χ3n) is 1.50. The first-order valence-corrected chi connectivity index (χ1v) is 3.45. The molecule has 0 saturated carbocycles. The van der Waals surface area contributed by atoms with E-state index in [1.807, 2.05) is 0 Å². The average Bonchev–Trinajstić information content (AvgIpc) is 2.12. The van der Waals surface area contributed by atoms with Crippen molar-refractivity contribution in [2.45, 2.75) is 24.4 Å². The maximum absolute atomic E-state index is 9.98. The summed E-state index contributed by atoms with van der Waals surface area (Å²) in [6.07, 6.45) is -8.08. The smallest absolute Gasteiger partial charge is 0.547 e. The van der Waals surface area contributed by atoms with Crippen molar-refractivity contribution in [3.8, 4) is 0 Å². The number of carbonyl (C=O) groups is 1. The Kier molecular flexibility index (Phi) is 18.3. The van der Waals surface area contributed by atoms with E-state index >= 15 is 0 Å². The van der Waals surface area contributed by atoms with Crippen LogP contribution in [-0.4, -0.2) is 73.5 Å². The number of aliphatic carboxylic acids is 1. The largest absolute Gasteiger partial charge is 1.00 e. The van der Waals surface area contributed by atoms with Crippen LogP contribution in [0.25, 0.3) is 0 Å². The van der Waals surface area contributed by atoms with Gasteiger partial charge in [-0.1, -0.05) is 0 Å². The predicted molar refractivity (Wildman–Crippen MR) is 43.3 cm³/mol. The molecule has 0 heterocycles. The van der Waals surface area contributed by atoms with Crippen molar-refractivity contribution in [1.29, 1.82) is 0 Å². The molecule has 0 saturated heterocycles. The van der Waals surface area contributed by atoms with Crippen molar-refractivity contribution in [1.82, 2.24) is 0 Å². The average molecular weight is 254 g/mol. The molecule has 9 nitrogen and oxygen atoms in total. The van der Waals surface area contributed by atoms with Crippen LogP contribution < -0.4 is 34.7 Å². The number of hydrogen-bond acceptors (Lipinski definition) is 7. The Morgan fingerprint density at radius 2 is 1.44 bits per heavy atom. The van der Waals surface area contributed by atoms with Crippen LogP contribution in [-0.2, 0) is 4.79 Å². The fourth-order valence-electron chi connectivity index (χ4n) is 0.662. The molecule has 16 heavy (non-hydrogen) atoms. The molecule has 0 rings (SSSR count). The van der Waals surface area contributed by atoms with Crippen LogP contribution in [0.3, 0.4) is 0 Å². The van der Waals surface area contributed by atoms with E-state index in [1.165, 1.54) is 0 Å². The fraction of sp³-hybridized carbons (Fsp3) is 0.833. The minimum Gasteiger partial charge on any atom is -0.547 e. The van der Waals surface area contributed by atoms with Gasteiger partial charge in [-0.3, -0.25) is 0 Å². The zero-order valence-electron chi connectivity index (χ0n) is 8.57. The Morgan fingerprint density at radius 1 is 1.06 bits per heavy atom. The molecule has 9 N–H and O–H groups in total. The maximum atomic E-state index is 9.98. The van der Waals surface area contributed by atoms with Crippen molar-refractivity contribution in [2.75, 3.05) is 6.61 Å². The van der Waals surface area contributed by atoms with E-state index in [1.54, 1.807) is 0 Å². The number of hydrogen-bond donors (Lipinski definition) is 5. The topological polar surface area (TPSA) is 204 Å². The normalized spacial score (nSPS) is 16.6. The molecule has 4 atom stereocenters. The van der Waals surface area contributed by atoms with Gasteiger partial charge in [-0.25, -0.2) is 0 Å². The summed E-state index contributed by atoms with van der Waals surface area (Å²) in [5.74, 6) is -1.98. The maximum Gasteiger partial charge on any atom is 1.00 e. The Balaban J connectivity index is -0.000000240. The Bertz CT molecular complexity index is 177. The molecule has 10 heteroatoms. The number of carboxylic acids is 1. The van der Waals surface area contributed by atoms with Gasteiger partial charge in [-0.05, 0) is 0 Å². The van der Waals surface area contributed by atoms with E-state index in [9.17, 15) is 9.90 Å². The van der Waals surface area contributed by atoms with E-state index in [2.05, 4.69) is 0 Å². The number of aliphatic hydroxyl groups is 5. The van der Waals surface area contributed by atoms with Crippen molar-refractivity contribution >= 4 is 5.97 Å². The molecular weight excluding hydrogens is 239 g/mol. The first-order chi connectivity index (χ1) is 5.91. The first kappa shape index (κ1) is 25.1. The molecule has 0 fully saturated rings. The Hall–Kier alpha value is 0.190. The summed E-state index contributed by atoms with van der Waals surface area (Å²) >= 11 is 0. The van der Waals surface area contributed by atoms with E-state index in [0.29, 0.717) is 0 Å². The molecule has 0 aromatic carbocycles. The molecule has 0 aliphatic carbocycles. The first-order valence-electron chi connectivity index (χ1n) is 3.45. The minimum absolute atomic E-state index is 0. The van der Waals surface area contributed by atoms with Gasteiger partial charge in [0, 0.05) is 0 Å². The summed E-state index contributed by atoms with van der Waals surface area (Å²) < 4.78 is 0. The summed E-state index contributed by atoms with van der Waals surface area (Å²) in [6, 6.07) is 0. The Morgan fingerprint density at radius 3 is 1.69 bits per heavy atom. The van der Waals surface area contributed by atoms with Crippen LogP contribution in [0.5, 0.6) is 0 Å². The molecule has 0 radical (unpaired) electrons. The van der Waals surface area contributed by atoms with Gasteiger partial charge in [0.25, 0.3) is 0 Å². The predicted octanol–water partition coefficient (Wildman–Crippen LogP) is -9.47. The summed E-state index contributed by atoms with van der Waals surface area (Å²) in [5, 5.41) is 53.4. The van der Waals surface area contributed by atoms with Crippen LogP contribution in [0.2, 0.25) is 0 Å². The summed E-state index contributed by atoms with van der Waals surface area (Å²) in [5.41, 5.74) is 0. The standard InChI is InChI=1S/C6H12O7.Na.2H2O/c7-1-2(8)3(9)4(10)5(11)6(12)13;;;/h2-5,7-11H,1H2,(H,12,13);;2*1H2/q;+1;;/p-1/t2-,3-,4+,5-;;;/m1.../s1. The number of carboxylic acid groups (broad SMARTS) is 1. The molecule has 0 spiro atoms. The van der Waals surface area contributed by atoms with Gasteiger partial charge in [-0.2, -0.15) is 0 Å². The van der Waals surface area contributed by atoms with E-state index in [4.69, 9.17) is 25.5 Å². The van der Waals surface area contributed by atoms with Crippen molar-refractivity contribution < 1.29 is 75.9 Å². The molecule has 0 amide bonds. The molecule has 0 aliphatic rings. The Labute approximate surface area is 113 Å². The molecule has 0 aromatic rings. The van der Waals surface area contributed by atoms with Gasteiger partial charge in [0.05, 0.1) is 12.6 Å². The van der Waals surface area contributed by atoms with Crippen molar-refractivity contribution in [2.24, 2.45) is 0 Å². The third-order valence-corrected chi connectivity index (χ3v) is 1.50. The number of aliphatic hydroxyl groups excluding tert-OH is 5. The van der Waals surface area contributed by atoms with Gasteiger partial charge in [0.15, 0.2) is 0 Å². The number of carbonyl (C=O) groups excluding carboxylic acids is 1. The van der Waals surface area contributed by atoms with E-state index in [0.717, 1.165) is 0 Å². The molecular formula is C6H15NaO9. The minimum atomic E-state index is -2.31. The molecule has 0 bridgehead atoms. The van der Waals surface area contributed by atoms with Crippen LogP contribution in [0, 0.1) is 0 Å². The SMILES string of the molecule is O.O.O=C([O-])[C@H](O)[C@@H](O)[C@H](O)[C@H](O)CO.[Na+]. The monoisotopic (exact) mass is 254 g/mol. The van der Waals surface area contributed by atoms with Gasteiger partial charge in [0.1, 0.15) is 24.4 Å². The molecule has 0 aliphatic heterocycles. The molecule has 94 valence electrons. The van der Waals surface area contributed by atoms with Gasteiger partial charge >= 0.3 is 29.6 Å². The second kappa shape index (κ2) is 11.7. The van der Waals surface area contributed by atoms with Crippen molar-refractivity contribution in [3.63, 3.8) is 0 Å². The second-order valence-corrected chi connectivity index (χ2v) is 2.49. The summed E-state index contributed by atoms with van der Waals surface area (Å²) in [6.45, 7) is -0.863. The van der Waals surface area contributed by atoms with Gasteiger partial charge in [0.2, 0.25) is 0 Å². The van der Waals surface area contributed by atoms with Crippen LogP contribution in [0.4, 0.5) is 0 Å². The summed E-state index contributed by atoms with van der Waals surface area (Å²) in [4.78, 5) is 9.98. The van der Waals surface area contributed by atoms with Gasteiger partial charge in [-0.15, -0.1) is 0 Å². The zero-order valence-corrected chi connectivity index (χ0v) is 10.6. The van der Waals surface area contributed by atoms with Crippen LogP contribution >= 0.6 is 0 Å². The van der Waals surface area contributed by atoms with E-state index in [-0.39, 0.29) is 40.5 Å². The van der Waals surface area contributed by atoms with Gasteiger partial charge < -0.3 is 46.4 Å². The van der Waals surface area contributed by atoms with Crippen LogP contribution in [0.15, 0.2) is 0 Å². The molecule has 0 unspecified atom stereocenters. The number of rotatable bonds is 5. The zero-order chi connectivity index (χ0) is 10.6. The van der Waals surface area contributed by atoms with Crippen molar-refractivity contribution in [3.05, 3.63) is 0 Å². The fourth-order valence-corrected chi connectivity index (χ4v) is 0.662. The quantitative estimate of drug-likeness (QED) is 0.299.